The van der Waals surface area contributed by atoms with Gasteiger partial charge in [-0.3, -0.25) is 0 Å². The maximum absolute atomic E-state index is 4.65. The third-order valence-electron chi connectivity index (χ3n) is 4.94. The molecule has 130 valence electrons. The van der Waals surface area contributed by atoms with Gasteiger partial charge in [0.05, 0.1) is 9.20 Å². The van der Waals surface area contributed by atoms with Crippen LogP contribution in [0, 0.1) is 0 Å². The fourth-order valence-corrected chi connectivity index (χ4v) is 4.77. The van der Waals surface area contributed by atoms with Crippen molar-refractivity contribution >= 4 is 27.3 Å². The Labute approximate surface area is 161 Å². The lowest BCUT2D eigenvalue weighted by Crippen LogP contribution is -2.24. The van der Waals surface area contributed by atoms with E-state index >= 15 is 0 Å². The Bertz CT molecular complexity index is 862. The highest BCUT2D eigenvalue weighted by Gasteiger charge is 2.36. The van der Waals surface area contributed by atoms with E-state index in [9.17, 15) is 0 Å². The van der Waals surface area contributed by atoms with Gasteiger partial charge in [0, 0.05) is 17.3 Å². The molecule has 3 aromatic rings. The van der Waals surface area contributed by atoms with Gasteiger partial charge in [0.1, 0.15) is 11.6 Å². The normalized spacial score (nSPS) is 14.8. The first-order valence-electron chi connectivity index (χ1n) is 8.79. The Morgan fingerprint density at radius 2 is 1.88 bits per heavy atom. The Balaban J connectivity index is 1.68. The van der Waals surface area contributed by atoms with Crippen LogP contribution in [0.25, 0.3) is 0 Å². The van der Waals surface area contributed by atoms with Crippen molar-refractivity contribution in [1.29, 1.82) is 0 Å². The largest absolute Gasteiger partial charge is 0.314 e. The summed E-state index contributed by atoms with van der Waals surface area (Å²) < 4.78 is 3.55. The van der Waals surface area contributed by atoms with Crippen LogP contribution < -0.4 is 0 Å². The Morgan fingerprint density at radius 3 is 2.52 bits per heavy atom. The van der Waals surface area contributed by atoms with E-state index in [1.807, 2.05) is 0 Å². The van der Waals surface area contributed by atoms with E-state index in [4.69, 9.17) is 0 Å². The maximum atomic E-state index is 4.65. The van der Waals surface area contributed by atoms with Crippen molar-refractivity contribution in [3.05, 3.63) is 68.3 Å². The van der Waals surface area contributed by atoms with Crippen LogP contribution in [0.1, 0.15) is 54.7 Å². The van der Waals surface area contributed by atoms with Crippen molar-refractivity contribution < 1.29 is 0 Å². The molecule has 1 aliphatic rings. The Hall–Kier alpha value is -1.46. The van der Waals surface area contributed by atoms with Crippen molar-refractivity contribution in [2.75, 3.05) is 0 Å². The zero-order chi connectivity index (χ0) is 17.4. The van der Waals surface area contributed by atoms with Gasteiger partial charge in [0.25, 0.3) is 0 Å². The minimum atomic E-state index is -0.145. The monoisotopic (exact) mass is 415 g/mol. The third-order valence-corrected chi connectivity index (χ3v) is 6.88. The summed E-state index contributed by atoms with van der Waals surface area (Å²) in [5.41, 5.74) is 1.22. The van der Waals surface area contributed by atoms with Gasteiger partial charge in [-0.25, -0.2) is 0 Å². The zero-order valence-corrected chi connectivity index (χ0v) is 17.0. The third kappa shape index (κ3) is 3.44. The molecule has 1 aliphatic carbocycles. The lowest BCUT2D eigenvalue weighted by atomic mass is 9.90. The molecule has 5 heteroatoms. The molecular formula is C20H22BrN3S. The number of hydrogen-bond acceptors (Lipinski definition) is 3. The number of aromatic nitrogens is 3. The van der Waals surface area contributed by atoms with Crippen LogP contribution in [-0.4, -0.2) is 14.8 Å². The zero-order valence-electron chi connectivity index (χ0n) is 14.6. The van der Waals surface area contributed by atoms with E-state index in [1.165, 1.54) is 29.1 Å². The number of aryl methyl sites for hydroxylation is 1. The molecular weight excluding hydrogens is 394 g/mol. The van der Waals surface area contributed by atoms with Crippen molar-refractivity contribution in [3.8, 4) is 0 Å². The SMILES string of the molecule is CC(C)(c1ccc(Br)s1)c1nnc(C2CC2)n1CCc1ccccc1. The van der Waals surface area contributed by atoms with E-state index in [2.05, 4.69) is 87.0 Å². The Morgan fingerprint density at radius 1 is 1.12 bits per heavy atom. The van der Waals surface area contributed by atoms with Crippen molar-refractivity contribution in [2.24, 2.45) is 0 Å². The number of hydrogen-bond donors (Lipinski definition) is 0. The van der Waals surface area contributed by atoms with Gasteiger partial charge in [-0.2, -0.15) is 0 Å². The molecule has 0 unspecified atom stereocenters. The second kappa shape index (κ2) is 6.69. The first-order chi connectivity index (χ1) is 12.1. The highest BCUT2D eigenvalue weighted by molar-refractivity contribution is 9.11. The summed E-state index contributed by atoms with van der Waals surface area (Å²) in [5, 5.41) is 9.25. The van der Waals surface area contributed by atoms with E-state index in [1.54, 1.807) is 11.3 Å². The molecule has 1 saturated carbocycles. The predicted molar refractivity (Wildman–Crippen MR) is 106 cm³/mol. The molecule has 0 saturated heterocycles. The molecule has 4 rings (SSSR count). The van der Waals surface area contributed by atoms with Crippen LogP contribution >= 0.6 is 27.3 Å². The topological polar surface area (TPSA) is 30.7 Å². The molecule has 2 heterocycles. The lowest BCUT2D eigenvalue weighted by Gasteiger charge is -2.24. The van der Waals surface area contributed by atoms with Gasteiger partial charge in [-0.15, -0.1) is 21.5 Å². The van der Waals surface area contributed by atoms with Crippen LogP contribution in [-0.2, 0) is 18.4 Å². The number of rotatable bonds is 6. The second-order valence-electron chi connectivity index (χ2n) is 7.27. The first-order valence-corrected chi connectivity index (χ1v) is 10.4. The van der Waals surface area contributed by atoms with Crippen molar-refractivity contribution in [2.45, 2.75) is 51.0 Å². The quantitative estimate of drug-likeness (QED) is 0.528. The highest BCUT2D eigenvalue weighted by Crippen LogP contribution is 2.42. The number of benzene rings is 1. The van der Waals surface area contributed by atoms with Gasteiger partial charge >= 0.3 is 0 Å². The van der Waals surface area contributed by atoms with E-state index in [0.29, 0.717) is 5.92 Å². The van der Waals surface area contributed by atoms with Gasteiger partial charge in [-0.1, -0.05) is 30.3 Å². The van der Waals surface area contributed by atoms with Gasteiger partial charge in [-0.05, 0) is 66.7 Å². The van der Waals surface area contributed by atoms with Crippen LogP contribution in [0.4, 0.5) is 0 Å². The summed E-state index contributed by atoms with van der Waals surface area (Å²) in [6.07, 6.45) is 3.50. The fraction of sp³-hybridized carbons (Fsp3) is 0.400. The number of thiophene rings is 1. The van der Waals surface area contributed by atoms with Gasteiger partial charge in [0.2, 0.25) is 0 Å². The molecule has 3 nitrogen and oxygen atoms in total. The second-order valence-corrected chi connectivity index (χ2v) is 9.74. The molecule has 0 N–H and O–H groups in total. The van der Waals surface area contributed by atoms with Crippen LogP contribution in [0.3, 0.4) is 0 Å². The van der Waals surface area contributed by atoms with Gasteiger partial charge in [0.15, 0.2) is 0 Å². The summed E-state index contributed by atoms with van der Waals surface area (Å²) in [6, 6.07) is 15.0. The minimum absolute atomic E-state index is 0.145. The standard InChI is InChI=1S/C20H22BrN3S/c1-20(2,16-10-11-17(21)25-16)19-23-22-18(15-8-9-15)24(19)13-12-14-6-4-3-5-7-14/h3-7,10-11,15H,8-9,12-13H2,1-2H3. The molecule has 1 fully saturated rings. The maximum Gasteiger partial charge on any atom is 0.143 e. The summed E-state index contributed by atoms with van der Waals surface area (Å²) in [4.78, 5) is 1.31. The number of nitrogens with zero attached hydrogens (tertiary/aromatic N) is 3. The molecule has 0 amide bonds. The van der Waals surface area contributed by atoms with Crippen LogP contribution in [0.2, 0.25) is 0 Å². The summed E-state index contributed by atoms with van der Waals surface area (Å²) >= 11 is 5.37. The molecule has 0 spiro atoms. The summed E-state index contributed by atoms with van der Waals surface area (Å²) in [6.45, 7) is 5.45. The molecule has 2 aromatic heterocycles. The van der Waals surface area contributed by atoms with E-state index < -0.39 is 0 Å². The molecule has 0 aliphatic heterocycles. The Kier molecular flexibility index (Phi) is 4.54. The average molecular weight is 416 g/mol. The highest BCUT2D eigenvalue weighted by atomic mass is 79.9. The predicted octanol–water partition coefficient (Wildman–Crippen LogP) is 5.55. The summed E-state index contributed by atoms with van der Waals surface area (Å²) in [5.74, 6) is 2.86. The molecule has 25 heavy (non-hydrogen) atoms. The smallest absolute Gasteiger partial charge is 0.143 e. The first kappa shape index (κ1) is 17.0. The molecule has 0 bridgehead atoms. The lowest BCUT2D eigenvalue weighted by molar-refractivity contribution is 0.526. The molecule has 1 aromatic carbocycles. The minimum Gasteiger partial charge on any atom is -0.314 e. The van der Waals surface area contributed by atoms with Crippen molar-refractivity contribution in [3.63, 3.8) is 0 Å². The molecule has 0 radical (unpaired) electrons. The fourth-order valence-electron chi connectivity index (χ4n) is 3.29. The average Bonchev–Trinajstić information content (AvgIpc) is 3.20. The van der Waals surface area contributed by atoms with Gasteiger partial charge < -0.3 is 4.57 Å². The van der Waals surface area contributed by atoms with Crippen molar-refractivity contribution in [1.82, 2.24) is 14.8 Å². The van der Waals surface area contributed by atoms with E-state index in [-0.39, 0.29) is 5.41 Å². The van der Waals surface area contributed by atoms with Crippen LogP contribution in [0.15, 0.2) is 46.3 Å². The molecule has 0 atom stereocenters. The van der Waals surface area contributed by atoms with E-state index in [0.717, 1.165) is 22.6 Å². The summed E-state index contributed by atoms with van der Waals surface area (Å²) in [7, 11) is 0. The number of halogens is 1. The van der Waals surface area contributed by atoms with Crippen LogP contribution in [0.5, 0.6) is 0 Å².